The maximum absolute atomic E-state index is 12.8. The van der Waals surface area contributed by atoms with Crippen molar-refractivity contribution in [1.29, 1.82) is 0 Å². The summed E-state index contributed by atoms with van der Waals surface area (Å²) in [6.45, 7) is 4.52. The lowest BCUT2D eigenvalue weighted by Gasteiger charge is -2.33. The van der Waals surface area contributed by atoms with Crippen molar-refractivity contribution in [3.05, 3.63) is 29.8 Å². The first kappa shape index (κ1) is 21.6. The first-order chi connectivity index (χ1) is 13.8. The van der Waals surface area contributed by atoms with E-state index >= 15 is 0 Å². The van der Waals surface area contributed by atoms with E-state index in [0.717, 1.165) is 19.4 Å². The average molecular weight is 422 g/mol. The molecule has 29 heavy (non-hydrogen) atoms. The molecule has 1 aromatic carbocycles. The second-order valence-corrected chi connectivity index (χ2v) is 9.98. The van der Waals surface area contributed by atoms with Gasteiger partial charge in [0.05, 0.1) is 11.4 Å². The summed E-state index contributed by atoms with van der Waals surface area (Å²) in [5, 5.41) is 0. The van der Waals surface area contributed by atoms with Crippen LogP contribution >= 0.6 is 0 Å². The van der Waals surface area contributed by atoms with Gasteiger partial charge in [0.1, 0.15) is 0 Å². The van der Waals surface area contributed by atoms with Gasteiger partial charge in [-0.05, 0) is 49.9 Å². The van der Waals surface area contributed by atoms with Gasteiger partial charge in [0.15, 0.2) is 0 Å². The Morgan fingerprint density at radius 1 is 1.10 bits per heavy atom. The monoisotopic (exact) mass is 421 g/mol. The summed E-state index contributed by atoms with van der Waals surface area (Å²) in [6.07, 6.45) is 4.07. The van der Waals surface area contributed by atoms with Crippen molar-refractivity contribution in [1.82, 2.24) is 9.80 Å². The lowest BCUT2D eigenvalue weighted by molar-refractivity contribution is -0.135. The van der Waals surface area contributed by atoms with E-state index in [1.54, 1.807) is 29.2 Å². The van der Waals surface area contributed by atoms with E-state index in [-0.39, 0.29) is 23.5 Å². The number of amides is 2. The molecule has 2 amide bonds. The highest BCUT2D eigenvalue weighted by molar-refractivity contribution is 7.93. The van der Waals surface area contributed by atoms with Crippen LogP contribution in [-0.4, -0.2) is 69.0 Å². The van der Waals surface area contributed by atoms with Crippen molar-refractivity contribution < 1.29 is 18.0 Å². The third-order valence-corrected chi connectivity index (χ3v) is 7.73. The molecule has 0 bridgehead atoms. The number of hydrogen-bond donors (Lipinski definition) is 0. The molecule has 160 valence electrons. The number of likely N-dealkylation sites (tertiary alicyclic amines) is 1. The molecule has 2 fully saturated rings. The zero-order valence-corrected chi connectivity index (χ0v) is 18.2. The molecule has 0 aliphatic carbocycles. The minimum Gasteiger partial charge on any atom is -0.346 e. The Kier molecular flexibility index (Phi) is 6.82. The minimum absolute atomic E-state index is 0.0105. The summed E-state index contributed by atoms with van der Waals surface area (Å²) in [4.78, 5) is 29.0. The zero-order valence-electron chi connectivity index (χ0n) is 17.3. The topological polar surface area (TPSA) is 78.0 Å². The van der Waals surface area contributed by atoms with Crippen molar-refractivity contribution in [2.24, 2.45) is 5.92 Å². The van der Waals surface area contributed by atoms with Gasteiger partial charge < -0.3 is 9.80 Å². The molecule has 3 rings (SSSR count). The molecule has 0 atom stereocenters. The van der Waals surface area contributed by atoms with E-state index in [4.69, 9.17) is 0 Å². The number of carbonyl (C=O) groups is 2. The third kappa shape index (κ3) is 4.91. The number of hydrogen-bond acceptors (Lipinski definition) is 4. The number of nitrogens with zero attached hydrogens (tertiary/aromatic N) is 3. The van der Waals surface area contributed by atoms with E-state index in [1.807, 2.05) is 11.9 Å². The number of piperidine rings is 1. The second kappa shape index (κ2) is 9.15. The molecule has 0 aromatic heterocycles. The Labute approximate surface area is 173 Å². The highest BCUT2D eigenvalue weighted by atomic mass is 32.2. The number of unbranched alkanes of at least 4 members (excludes halogenated alkanes) is 1. The van der Waals surface area contributed by atoms with Gasteiger partial charge in [-0.15, -0.1) is 0 Å². The van der Waals surface area contributed by atoms with Crippen molar-refractivity contribution in [2.45, 2.75) is 39.0 Å². The van der Waals surface area contributed by atoms with E-state index in [1.165, 1.54) is 4.31 Å². The van der Waals surface area contributed by atoms with Gasteiger partial charge in [0, 0.05) is 44.7 Å². The van der Waals surface area contributed by atoms with E-state index in [9.17, 15) is 18.0 Å². The normalized spacial score (nSPS) is 19.4. The highest BCUT2D eigenvalue weighted by Crippen LogP contribution is 2.25. The predicted molar refractivity (Wildman–Crippen MR) is 113 cm³/mol. The molecule has 0 saturated carbocycles. The van der Waals surface area contributed by atoms with Crippen molar-refractivity contribution in [3.63, 3.8) is 0 Å². The first-order valence-corrected chi connectivity index (χ1v) is 12.1. The molecule has 2 heterocycles. The van der Waals surface area contributed by atoms with Gasteiger partial charge >= 0.3 is 0 Å². The van der Waals surface area contributed by atoms with E-state index < -0.39 is 10.0 Å². The number of rotatable bonds is 6. The third-order valence-electron chi connectivity index (χ3n) is 5.86. The SMILES string of the molecule is CCCCN(C)C(=O)C1CCN(C(=O)c2ccc(N3CCCS3(=O)=O)cc2)CC1. The van der Waals surface area contributed by atoms with Gasteiger partial charge in [-0.2, -0.15) is 0 Å². The maximum Gasteiger partial charge on any atom is 0.253 e. The first-order valence-electron chi connectivity index (χ1n) is 10.5. The standard InChI is InChI=1S/C21H31N3O4S/c1-3-4-12-22(2)20(25)18-10-14-23(15-11-18)21(26)17-6-8-19(9-7-17)24-13-5-16-29(24,27)28/h6-9,18H,3-5,10-16H2,1-2H3. The molecular formula is C21H31N3O4S. The molecule has 8 heteroatoms. The smallest absolute Gasteiger partial charge is 0.253 e. The van der Waals surface area contributed by atoms with Crippen LogP contribution in [0.25, 0.3) is 0 Å². The molecule has 0 N–H and O–H groups in total. The number of sulfonamides is 1. The summed E-state index contributed by atoms with van der Waals surface area (Å²) >= 11 is 0. The summed E-state index contributed by atoms with van der Waals surface area (Å²) in [5.74, 6) is 0.283. The van der Waals surface area contributed by atoms with Crippen LogP contribution in [0.1, 0.15) is 49.4 Å². The fraction of sp³-hybridized carbons (Fsp3) is 0.619. The van der Waals surface area contributed by atoms with Crippen molar-refractivity contribution in [3.8, 4) is 0 Å². The van der Waals surface area contributed by atoms with Crippen LogP contribution in [0.3, 0.4) is 0 Å². The molecular weight excluding hydrogens is 390 g/mol. The van der Waals surface area contributed by atoms with Gasteiger partial charge in [-0.25, -0.2) is 8.42 Å². The quantitative estimate of drug-likeness (QED) is 0.706. The van der Waals surface area contributed by atoms with Gasteiger partial charge in [0.25, 0.3) is 5.91 Å². The van der Waals surface area contributed by atoms with Crippen LogP contribution in [0.2, 0.25) is 0 Å². The van der Waals surface area contributed by atoms with Crippen molar-refractivity contribution in [2.75, 3.05) is 43.3 Å². The minimum atomic E-state index is -3.22. The second-order valence-electron chi connectivity index (χ2n) is 7.97. The zero-order chi connectivity index (χ0) is 21.0. The van der Waals surface area contributed by atoms with E-state index in [0.29, 0.717) is 50.1 Å². The average Bonchev–Trinajstić information content (AvgIpc) is 3.10. The van der Waals surface area contributed by atoms with Crippen LogP contribution < -0.4 is 4.31 Å². The Morgan fingerprint density at radius 2 is 1.76 bits per heavy atom. The molecule has 2 saturated heterocycles. The molecule has 2 aliphatic rings. The van der Waals surface area contributed by atoms with Gasteiger partial charge in [-0.3, -0.25) is 13.9 Å². The fourth-order valence-corrected chi connectivity index (χ4v) is 5.59. The van der Waals surface area contributed by atoms with Crippen LogP contribution in [0.5, 0.6) is 0 Å². The van der Waals surface area contributed by atoms with Crippen LogP contribution in [-0.2, 0) is 14.8 Å². The lowest BCUT2D eigenvalue weighted by atomic mass is 9.94. The van der Waals surface area contributed by atoms with Crippen molar-refractivity contribution >= 4 is 27.5 Å². The molecule has 7 nitrogen and oxygen atoms in total. The van der Waals surface area contributed by atoms with Crippen LogP contribution in [0.4, 0.5) is 5.69 Å². The number of carbonyl (C=O) groups excluding carboxylic acids is 2. The molecule has 0 radical (unpaired) electrons. The molecule has 1 aromatic rings. The summed E-state index contributed by atoms with van der Waals surface area (Å²) < 4.78 is 25.5. The molecule has 2 aliphatic heterocycles. The number of benzene rings is 1. The Hall–Kier alpha value is -2.09. The van der Waals surface area contributed by atoms with E-state index in [2.05, 4.69) is 6.92 Å². The molecule has 0 unspecified atom stereocenters. The van der Waals surface area contributed by atoms with Crippen LogP contribution in [0.15, 0.2) is 24.3 Å². The van der Waals surface area contributed by atoms with Gasteiger partial charge in [0.2, 0.25) is 15.9 Å². The fourth-order valence-electron chi connectivity index (χ4n) is 4.03. The summed E-state index contributed by atoms with van der Waals surface area (Å²) in [6, 6.07) is 6.80. The lowest BCUT2D eigenvalue weighted by Crippen LogP contribution is -2.43. The Morgan fingerprint density at radius 3 is 2.31 bits per heavy atom. The predicted octanol–water partition coefficient (Wildman–Crippen LogP) is 2.34. The Bertz CT molecular complexity index is 830. The Balaban J connectivity index is 1.56. The number of anilines is 1. The molecule has 0 spiro atoms. The largest absolute Gasteiger partial charge is 0.346 e. The van der Waals surface area contributed by atoms with Crippen LogP contribution in [0, 0.1) is 5.92 Å². The highest BCUT2D eigenvalue weighted by Gasteiger charge is 2.30. The summed E-state index contributed by atoms with van der Waals surface area (Å²) in [5.41, 5.74) is 1.16. The van der Waals surface area contributed by atoms with Gasteiger partial charge in [-0.1, -0.05) is 13.3 Å². The maximum atomic E-state index is 12.8. The summed E-state index contributed by atoms with van der Waals surface area (Å²) in [7, 11) is -1.36.